The minimum atomic E-state index is 0.00432. The van der Waals surface area contributed by atoms with E-state index in [9.17, 15) is 4.79 Å². The maximum atomic E-state index is 12.3. The Morgan fingerprint density at radius 3 is 3.00 bits per heavy atom. The number of hydrogen-bond donors (Lipinski definition) is 2. The van der Waals surface area contributed by atoms with E-state index in [1.165, 1.54) is 5.56 Å². The van der Waals surface area contributed by atoms with Crippen molar-refractivity contribution in [1.29, 1.82) is 0 Å². The van der Waals surface area contributed by atoms with Crippen molar-refractivity contribution < 1.29 is 4.79 Å². The molecule has 0 radical (unpaired) electrons. The van der Waals surface area contributed by atoms with E-state index in [1.54, 1.807) is 0 Å². The van der Waals surface area contributed by atoms with Crippen LogP contribution in [0.2, 0.25) is 0 Å². The standard InChI is InChI=1S/C21H28N4O/c1-16(2)12-24-21(26)18-6-3-5-17(11-18)15-25-10-9-23-14-20(25)19-7-4-8-22-13-19/h3-8,11,13,16,20,23H,9-10,12,14-15H2,1-2H3,(H,24,26). The number of nitrogens with zero attached hydrogens (tertiary/aromatic N) is 2. The number of aromatic nitrogens is 1. The highest BCUT2D eigenvalue weighted by molar-refractivity contribution is 5.94. The van der Waals surface area contributed by atoms with Gasteiger partial charge in [0.05, 0.1) is 0 Å². The van der Waals surface area contributed by atoms with E-state index in [0.29, 0.717) is 18.5 Å². The van der Waals surface area contributed by atoms with Gasteiger partial charge in [-0.15, -0.1) is 0 Å². The summed E-state index contributed by atoms with van der Waals surface area (Å²) in [5.41, 5.74) is 3.12. The summed E-state index contributed by atoms with van der Waals surface area (Å²) in [6.07, 6.45) is 3.75. The van der Waals surface area contributed by atoms with Crippen LogP contribution in [0, 0.1) is 5.92 Å². The molecule has 2 heterocycles. The molecule has 0 bridgehead atoms. The molecule has 138 valence electrons. The second-order valence-corrected chi connectivity index (χ2v) is 7.28. The molecular weight excluding hydrogens is 324 g/mol. The molecule has 1 saturated heterocycles. The van der Waals surface area contributed by atoms with E-state index in [2.05, 4.69) is 46.5 Å². The van der Waals surface area contributed by atoms with Crippen molar-refractivity contribution in [1.82, 2.24) is 20.5 Å². The van der Waals surface area contributed by atoms with Gasteiger partial charge in [-0.25, -0.2) is 0 Å². The van der Waals surface area contributed by atoms with Crippen LogP contribution in [-0.2, 0) is 6.54 Å². The predicted octanol–water partition coefficient (Wildman–Crippen LogP) is 2.61. The van der Waals surface area contributed by atoms with Crippen molar-refractivity contribution in [2.24, 2.45) is 5.92 Å². The molecule has 26 heavy (non-hydrogen) atoms. The Bertz CT molecular complexity index is 717. The van der Waals surface area contributed by atoms with Gasteiger partial charge in [-0.1, -0.05) is 32.0 Å². The van der Waals surface area contributed by atoms with Crippen molar-refractivity contribution in [3.8, 4) is 0 Å². The lowest BCUT2D eigenvalue weighted by atomic mass is 10.0. The number of hydrogen-bond acceptors (Lipinski definition) is 4. The number of piperazine rings is 1. The summed E-state index contributed by atoms with van der Waals surface area (Å²) in [5.74, 6) is 0.452. The molecule has 5 nitrogen and oxygen atoms in total. The Balaban J connectivity index is 1.71. The smallest absolute Gasteiger partial charge is 0.251 e. The first-order valence-corrected chi connectivity index (χ1v) is 9.35. The first-order valence-electron chi connectivity index (χ1n) is 9.35. The molecule has 2 aromatic rings. The fourth-order valence-corrected chi connectivity index (χ4v) is 3.28. The van der Waals surface area contributed by atoms with E-state index in [-0.39, 0.29) is 5.91 Å². The predicted molar refractivity (Wildman–Crippen MR) is 104 cm³/mol. The molecule has 1 aromatic heterocycles. The van der Waals surface area contributed by atoms with E-state index in [4.69, 9.17) is 0 Å². The molecule has 1 unspecified atom stereocenters. The highest BCUT2D eigenvalue weighted by atomic mass is 16.1. The van der Waals surface area contributed by atoms with Gasteiger partial charge in [-0.3, -0.25) is 14.7 Å². The van der Waals surface area contributed by atoms with Crippen LogP contribution >= 0.6 is 0 Å². The normalized spacial score (nSPS) is 18.0. The van der Waals surface area contributed by atoms with Crippen LogP contribution in [0.1, 0.15) is 41.4 Å². The Labute approximate surface area is 155 Å². The molecular formula is C21H28N4O. The molecule has 0 aliphatic carbocycles. The number of nitrogens with one attached hydrogen (secondary N) is 2. The average molecular weight is 352 g/mol. The van der Waals surface area contributed by atoms with E-state index in [0.717, 1.165) is 37.3 Å². The number of carbonyl (C=O) groups excluding carboxylic acids is 1. The summed E-state index contributed by atoms with van der Waals surface area (Å²) in [6, 6.07) is 12.4. The van der Waals surface area contributed by atoms with Crippen molar-refractivity contribution >= 4 is 5.91 Å². The molecule has 1 aliphatic heterocycles. The second kappa shape index (κ2) is 8.92. The average Bonchev–Trinajstić information content (AvgIpc) is 2.67. The van der Waals surface area contributed by atoms with Gasteiger partial charge in [-0.05, 0) is 35.2 Å². The van der Waals surface area contributed by atoms with Gasteiger partial charge in [0.15, 0.2) is 0 Å². The Hall–Kier alpha value is -2.24. The summed E-state index contributed by atoms with van der Waals surface area (Å²) >= 11 is 0. The van der Waals surface area contributed by atoms with Crippen molar-refractivity contribution in [3.63, 3.8) is 0 Å². The van der Waals surface area contributed by atoms with Gasteiger partial charge >= 0.3 is 0 Å². The summed E-state index contributed by atoms with van der Waals surface area (Å²) in [6.45, 7) is 8.59. The molecule has 0 saturated carbocycles. The molecule has 3 rings (SSSR count). The minimum Gasteiger partial charge on any atom is -0.352 e. The largest absolute Gasteiger partial charge is 0.352 e. The van der Waals surface area contributed by atoms with Gasteiger partial charge in [0.2, 0.25) is 0 Å². The Morgan fingerprint density at radius 1 is 1.35 bits per heavy atom. The van der Waals surface area contributed by atoms with Gasteiger partial charge in [0.1, 0.15) is 0 Å². The van der Waals surface area contributed by atoms with Crippen LogP contribution in [0.5, 0.6) is 0 Å². The summed E-state index contributed by atoms with van der Waals surface area (Å²) in [4.78, 5) is 19.1. The van der Waals surface area contributed by atoms with Crippen LogP contribution in [0.3, 0.4) is 0 Å². The molecule has 0 spiro atoms. The van der Waals surface area contributed by atoms with E-state index >= 15 is 0 Å². The van der Waals surface area contributed by atoms with E-state index in [1.807, 2.05) is 36.7 Å². The number of carbonyl (C=O) groups is 1. The number of amides is 1. The second-order valence-electron chi connectivity index (χ2n) is 7.28. The third-order valence-electron chi connectivity index (χ3n) is 4.67. The Kier molecular flexibility index (Phi) is 6.36. The third-order valence-corrected chi connectivity index (χ3v) is 4.67. The van der Waals surface area contributed by atoms with Crippen molar-refractivity contribution in [2.45, 2.75) is 26.4 Å². The van der Waals surface area contributed by atoms with Gasteiger partial charge in [-0.2, -0.15) is 0 Å². The lowest BCUT2D eigenvalue weighted by molar-refractivity contribution is 0.0948. The van der Waals surface area contributed by atoms with Crippen LogP contribution in [0.4, 0.5) is 0 Å². The lowest BCUT2D eigenvalue weighted by Gasteiger charge is -2.36. The maximum absolute atomic E-state index is 12.3. The van der Waals surface area contributed by atoms with Crippen LogP contribution in [0.25, 0.3) is 0 Å². The topological polar surface area (TPSA) is 57.3 Å². The van der Waals surface area contributed by atoms with Gasteiger partial charge in [0, 0.05) is 56.7 Å². The molecule has 1 aliphatic rings. The lowest BCUT2D eigenvalue weighted by Crippen LogP contribution is -2.45. The van der Waals surface area contributed by atoms with Crippen LogP contribution in [0.15, 0.2) is 48.8 Å². The molecule has 1 aromatic carbocycles. The molecule has 1 atom stereocenters. The molecule has 1 amide bonds. The molecule has 2 N–H and O–H groups in total. The summed E-state index contributed by atoms with van der Waals surface area (Å²) < 4.78 is 0. The third kappa shape index (κ3) is 4.90. The van der Waals surface area contributed by atoms with Gasteiger partial charge < -0.3 is 10.6 Å². The minimum absolute atomic E-state index is 0.00432. The zero-order valence-electron chi connectivity index (χ0n) is 15.6. The monoisotopic (exact) mass is 352 g/mol. The first-order chi connectivity index (χ1) is 12.6. The zero-order chi connectivity index (χ0) is 18.4. The first kappa shape index (κ1) is 18.5. The SMILES string of the molecule is CC(C)CNC(=O)c1cccc(CN2CCNCC2c2cccnc2)c1. The summed E-state index contributed by atoms with van der Waals surface area (Å²) in [7, 11) is 0. The van der Waals surface area contributed by atoms with E-state index < -0.39 is 0 Å². The quantitative estimate of drug-likeness (QED) is 0.839. The van der Waals surface area contributed by atoms with Crippen LogP contribution in [-0.4, -0.2) is 42.0 Å². The number of pyridine rings is 1. The zero-order valence-corrected chi connectivity index (χ0v) is 15.6. The van der Waals surface area contributed by atoms with Gasteiger partial charge in [0.25, 0.3) is 5.91 Å². The highest BCUT2D eigenvalue weighted by Gasteiger charge is 2.24. The number of rotatable bonds is 6. The van der Waals surface area contributed by atoms with Crippen molar-refractivity contribution in [2.75, 3.05) is 26.2 Å². The fraction of sp³-hybridized carbons (Fsp3) is 0.429. The molecule has 5 heteroatoms. The Morgan fingerprint density at radius 2 is 2.23 bits per heavy atom. The summed E-state index contributed by atoms with van der Waals surface area (Å²) in [5, 5.41) is 6.47. The highest BCUT2D eigenvalue weighted by Crippen LogP contribution is 2.23. The maximum Gasteiger partial charge on any atom is 0.251 e. The number of benzene rings is 1. The molecule has 1 fully saturated rings. The van der Waals surface area contributed by atoms with Crippen molar-refractivity contribution in [3.05, 3.63) is 65.5 Å². The fourth-order valence-electron chi connectivity index (χ4n) is 3.28. The van der Waals surface area contributed by atoms with Crippen LogP contribution < -0.4 is 10.6 Å².